The number of non-ortho nitro benzene ring substituents is 1. The highest BCUT2D eigenvalue weighted by Gasteiger charge is 2.46. The second-order valence-corrected chi connectivity index (χ2v) is 21.1. The molecule has 3 N–H and O–H groups in total. The molecule has 3 atom stereocenters. The lowest BCUT2D eigenvalue weighted by Crippen LogP contribution is -2.52. The van der Waals surface area contributed by atoms with Crippen molar-refractivity contribution in [3.63, 3.8) is 0 Å². The maximum absolute atomic E-state index is 13.0. The Bertz CT molecular complexity index is 2530. The molecular weight excluding hydrogens is 1050 g/mol. The minimum Gasteiger partial charge on any atom is -0.423 e. The molecule has 4 heterocycles. The number of unbranched alkanes of at least 4 members (excludes halogenated alkanes) is 2. The molecule has 0 bridgehead atoms. The van der Waals surface area contributed by atoms with E-state index in [1.807, 2.05) is 18.2 Å². The van der Waals surface area contributed by atoms with Gasteiger partial charge in [0.25, 0.3) is 23.3 Å². The Morgan fingerprint density at radius 2 is 1.38 bits per heavy atom. The molecule has 4 aromatic rings. The van der Waals surface area contributed by atoms with Crippen molar-refractivity contribution in [3.8, 4) is 11.3 Å². The molecule has 0 saturated carbocycles. The summed E-state index contributed by atoms with van der Waals surface area (Å²) in [7, 11) is 0. The Morgan fingerprint density at radius 3 is 2.00 bits per heavy atom. The molecule has 0 radical (unpaired) electrons. The predicted octanol–water partition coefficient (Wildman–Crippen LogP) is 7.41. The molecular formula is C59H85N7O15. The van der Waals surface area contributed by atoms with E-state index >= 15 is 0 Å². The number of aromatic nitrogens is 1. The van der Waals surface area contributed by atoms with Crippen molar-refractivity contribution in [1.82, 2.24) is 15.2 Å². The summed E-state index contributed by atoms with van der Waals surface area (Å²) in [5, 5.41) is 40.2. The average Bonchev–Trinajstić information content (AvgIpc) is 4.29. The van der Waals surface area contributed by atoms with Crippen LogP contribution in [0.15, 0.2) is 71.3 Å². The van der Waals surface area contributed by atoms with Crippen LogP contribution in [0.1, 0.15) is 78.9 Å². The maximum Gasteiger partial charge on any atom is 0.297 e. The van der Waals surface area contributed by atoms with Crippen molar-refractivity contribution in [2.45, 2.75) is 76.7 Å². The normalized spacial score (nSPS) is 17.8. The molecule has 1 spiro atoms. The molecule has 446 valence electrons. The van der Waals surface area contributed by atoms with Gasteiger partial charge in [0.2, 0.25) is 0 Å². The zero-order valence-electron chi connectivity index (χ0n) is 47.4. The van der Waals surface area contributed by atoms with Gasteiger partial charge in [-0.2, -0.15) is 0 Å². The lowest BCUT2D eigenvalue weighted by molar-refractivity contribution is -0.394. The number of nitro groups is 2. The third kappa shape index (κ3) is 20.0. The number of nitrogens with one attached hydrogen (secondary N) is 2. The number of benzene rings is 3. The summed E-state index contributed by atoms with van der Waals surface area (Å²) >= 11 is 0. The summed E-state index contributed by atoms with van der Waals surface area (Å²) in [6.45, 7) is 17.5. The summed E-state index contributed by atoms with van der Waals surface area (Å²) in [4.78, 5) is 43.1. The number of piperidine rings is 2. The van der Waals surface area contributed by atoms with Gasteiger partial charge in [-0.3, -0.25) is 25.0 Å². The molecule has 2 saturated heterocycles. The number of likely N-dealkylation sites (tertiary alicyclic amines) is 1. The first-order valence-corrected chi connectivity index (χ1v) is 28.9. The molecule has 7 rings (SSSR count). The number of ether oxygens (including phenoxy) is 8. The fourth-order valence-electron chi connectivity index (χ4n) is 10.8. The third-order valence-corrected chi connectivity index (χ3v) is 15.4. The number of fused-ring (bicyclic) bond motifs is 2. The van der Waals surface area contributed by atoms with Gasteiger partial charge in [-0.05, 0) is 112 Å². The maximum atomic E-state index is 13.0. The van der Waals surface area contributed by atoms with Gasteiger partial charge in [0.05, 0.1) is 114 Å². The Hall–Kier alpha value is -5.66. The number of anilines is 2. The number of nitro benzene ring substituents is 2. The Labute approximate surface area is 475 Å². The van der Waals surface area contributed by atoms with Gasteiger partial charge in [-0.1, -0.05) is 31.2 Å². The van der Waals surface area contributed by atoms with Crippen LogP contribution in [-0.4, -0.2) is 188 Å². The highest BCUT2D eigenvalue weighted by molar-refractivity contribution is 5.95. The van der Waals surface area contributed by atoms with Crippen molar-refractivity contribution in [2.75, 3.05) is 162 Å². The monoisotopic (exact) mass is 1130 g/mol. The number of aliphatic hydroxyl groups excluding tert-OH is 1. The zero-order valence-corrected chi connectivity index (χ0v) is 47.4. The first-order chi connectivity index (χ1) is 39.5. The van der Waals surface area contributed by atoms with Crippen LogP contribution in [0.2, 0.25) is 0 Å². The van der Waals surface area contributed by atoms with Gasteiger partial charge < -0.3 is 67.9 Å². The van der Waals surface area contributed by atoms with E-state index in [0.717, 1.165) is 82.9 Å². The summed E-state index contributed by atoms with van der Waals surface area (Å²) in [6, 6.07) is 18.4. The lowest BCUT2D eigenvalue weighted by atomic mass is 9.67. The van der Waals surface area contributed by atoms with Crippen LogP contribution < -0.4 is 15.5 Å². The molecule has 3 aromatic carbocycles. The standard InChI is InChI=1S/C59H85N7O15/c1-45-11-14-52-53(38-45)62-44-59(52)17-21-63(42-46(59)2)43-55(67)48-15-19-64(20-16-48)58-61-41-56(81-58)49-8-6-9-50(39-49)57(68)60-18-25-76-29-33-77-30-26-73-22-4-3-5-23-74-27-31-78-34-36-80-37-35-79-32-28-75-24-7-10-47-12-13-51(65(69)70)40-54(47)66(71)72/h6,8-9,11-14,38-41,46,48,55,62,67H,3-5,7,10,15-37,42-44H2,1-2H3,(H,60,68)/t46-,55-,59+/m1/s1. The minimum atomic E-state index is -0.651. The van der Waals surface area contributed by atoms with Crippen molar-refractivity contribution >= 4 is 29.0 Å². The summed E-state index contributed by atoms with van der Waals surface area (Å²) in [5.41, 5.74) is 5.37. The van der Waals surface area contributed by atoms with Gasteiger partial charge in [0.1, 0.15) is 0 Å². The third-order valence-electron chi connectivity index (χ3n) is 15.4. The number of aliphatic hydroxyl groups is 1. The number of amides is 1. The SMILES string of the molecule is Cc1ccc2c(c1)NC[C@]21CCN(C[C@@H](O)C2CCN(c3ncc(-c4cccc(C(=O)NCCOCCOCCOCCCCCOCCOCCOCCOCCOCCCc5ccc([N+](=O)[O-])cc5[N+](=O)[O-])c4)o3)CC2)C[C@H]1C. The van der Waals surface area contributed by atoms with Gasteiger partial charge in [0, 0.05) is 92.9 Å². The van der Waals surface area contributed by atoms with Crippen molar-refractivity contribution < 1.29 is 62.1 Å². The Balaban J connectivity index is 0.603. The van der Waals surface area contributed by atoms with Crippen LogP contribution in [-0.2, 0) is 49.7 Å². The van der Waals surface area contributed by atoms with Gasteiger partial charge >= 0.3 is 0 Å². The number of hydrogen-bond acceptors (Lipinski definition) is 19. The van der Waals surface area contributed by atoms with E-state index in [-0.39, 0.29) is 34.7 Å². The molecule has 3 aliphatic heterocycles. The lowest BCUT2D eigenvalue weighted by Gasteiger charge is -2.46. The van der Waals surface area contributed by atoms with Crippen LogP contribution in [0.3, 0.4) is 0 Å². The van der Waals surface area contributed by atoms with Crippen LogP contribution in [0, 0.1) is 39.0 Å². The quantitative estimate of drug-likeness (QED) is 0.0223. The number of carbonyl (C=O) groups is 1. The molecule has 81 heavy (non-hydrogen) atoms. The van der Waals surface area contributed by atoms with E-state index in [1.165, 1.54) is 28.9 Å². The summed E-state index contributed by atoms with van der Waals surface area (Å²) in [5.74, 6) is 1.13. The number of rotatable bonds is 39. The van der Waals surface area contributed by atoms with Crippen LogP contribution >= 0.6 is 0 Å². The second kappa shape index (κ2) is 34.1. The van der Waals surface area contributed by atoms with Crippen LogP contribution in [0.25, 0.3) is 11.3 Å². The molecule has 3 aliphatic rings. The Morgan fingerprint density at radius 1 is 0.765 bits per heavy atom. The van der Waals surface area contributed by atoms with Crippen LogP contribution in [0.4, 0.5) is 23.1 Å². The highest BCUT2D eigenvalue weighted by Crippen LogP contribution is 2.47. The van der Waals surface area contributed by atoms with Crippen molar-refractivity contribution in [3.05, 3.63) is 109 Å². The molecule has 22 nitrogen and oxygen atoms in total. The Kier molecular flexibility index (Phi) is 26.5. The van der Waals surface area contributed by atoms with Gasteiger partial charge in [0.15, 0.2) is 5.76 Å². The van der Waals surface area contributed by atoms with Crippen molar-refractivity contribution in [1.29, 1.82) is 0 Å². The number of β-amino-alcohol motifs (C(OH)–C–C–N with tert-alkyl or cyclic N) is 1. The molecule has 1 aromatic heterocycles. The number of oxazole rings is 1. The second-order valence-electron chi connectivity index (χ2n) is 21.1. The van der Waals surface area contributed by atoms with E-state index in [0.29, 0.717) is 160 Å². The fourth-order valence-corrected chi connectivity index (χ4v) is 10.8. The predicted molar refractivity (Wildman–Crippen MR) is 305 cm³/mol. The molecule has 22 heteroatoms. The molecule has 2 fully saturated rings. The van der Waals surface area contributed by atoms with E-state index in [9.17, 15) is 30.1 Å². The van der Waals surface area contributed by atoms with Crippen molar-refractivity contribution in [2.24, 2.45) is 11.8 Å². The first kappa shape index (κ1) is 62.9. The molecule has 0 aliphatic carbocycles. The van der Waals surface area contributed by atoms with Crippen LogP contribution in [0.5, 0.6) is 0 Å². The fraction of sp³-hybridized carbons (Fsp3) is 0.627. The number of hydrogen-bond donors (Lipinski definition) is 3. The first-order valence-electron chi connectivity index (χ1n) is 28.9. The number of nitrogens with zero attached hydrogens (tertiary/aromatic N) is 5. The van der Waals surface area contributed by atoms with E-state index in [4.69, 9.17) is 42.3 Å². The minimum absolute atomic E-state index is 0.169. The average molecular weight is 1130 g/mol. The largest absolute Gasteiger partial charge is 0.423 e. The molecule has 1 amide bonds. The van der Waals surface area contributed by atoms with Gasteiger partial charge in [-0.15, -0.1) is 0 Å². The summed E-state index contributed by atoms with van der Waals surface area (Å²) < 4.78 is 50.9. The smallest absolute Gasteiger partial charge is 0.297 e. The van der Waals surface area contributed by atoms with E-state index in [1.54, 1.807) is 12.3 Å². The number of carbonyl (C=O) groups excluding carboxylic acids is 1. The highest BCUT2D eigenvalue weighted by atomic mass is 16.6. The molecule has 0 unspecified atom stereocenters. The van der Waals surface area contributed by atoms with E-state index < -0.39 is 9.85 Å². The van der Waals surface area contributed by atoms with Gasteiger partial charge in [-0.25, -0.2) is 4.98 Å². The number of aryl methyl sites for hydroxylation is 2. The van der Waals surface area contributed by atoms with E-state index in [2.05, 4.69) is 57.5 Å². The topological polar surface area (TPSA) is 254 Å². The summed E-state index contributed by atoms with van der Waals surface area (Å²) in [6.07, 6.45) is 7.98. The zero-order chi connectivity index (χ0) is 57.1.